The van der Waals surface area contributed by atoms with Gasteiger partial charge < -0.3 is 9.74 Å². The van der Waals surface area contributed by atoms with E-state index in [1.54, 1.807) is 13.0 Å². The summed E-state index contributed by atoms with van der Waals surface area (Å²) < 4.78 is 80.2. The zero-order valence-electron chi connectivity index (χ0n) is 17.6. The van der Waals surface area contributed by atoms with Crippen LogP contribution in [0.25, 0.3) is 11.1 Å². The molecule has 7 nitrogen and oxygen atoms in total. The molecule has 2 aliphatic rings. The first kappa shape index (κ1) is 23.1. The standard InChI is InChI=1S/C21H21F4N4O3S/c1-12-6-13(20-14(23)4-3-5-15(20)24)21(26-8-12)18-7-19(27-32-18)29-9-16(25)17(10-29)28(2)33(30,31)11-22/h3-6,8,16-18H,2,7,9-11H2,1H3/q+1/t16-,17+,18-/m0/s1. The molecule has 33 heavy (non-hydrogen) atoms. The smallest absolute Gasteiger partial charge is 0.384 e. The van der Waals surface area contributed by atoms with Crippen molar-refractivity contribution in [3.8, 4) is 11.1 Å². The third kappa shape index (κ3) is 4.31. The van der Waals surface area contributed by atoms with Gasteiger partial charge >= 0.3 is 10.0 Å². The van der Waals surface area contributed by atoms with Crippen molar-refractivity contribution in [1.82, 2.24) is 9.88 Å². The molecule has 0 spiro atoms. The Morgan fingerprint density at radius 2 is 1.97 bits per heavy atom. The Bertz CT molecular complexity index is 1220. The van der Waals surface area contributed by atoms with Crippen LogP contribution in [0.1, 0.15) is 23.8 Å². The topological polar surface area (TPSA) is 74.9 Å². The molecule has 2 aromatic rings. The van der Waals surface area contributed by atoms with Crippen molar-refractivity contribution >= 4 is 22.6 Å². The lowest BCUT2D eigenvalue weighted by atomic mass is 9.97. The van der Waals surface area contributed by atoms with Gasteiger partial charge in [-0.05, 0) is 30.7 Å². The van der Waals surface area contributed by atoms with Crippen LogP contribution in [-0.4, -0.2) is 66.1 Å². The summed E-state index contributed by atoms with van der Waals surface area (Å²) in [5.41, 5.74) is 0.917. The fraction of sp³-hybridized carbons (Fsp3) is 0.381. The van der Waals surface area contributed by atoms with Crippen LogP contribution in [0.15, 0.2) is 35.6 Å². The van der Waals surface area contributed by atoms with Crippen LogP contribution in [0.3, 0.4) is 0 Å². The summed E-state index contributed by atoms with van der Waals surface area (Å²) >= 11 is 0. The number of pyridine rings is 1. The van der Waals surface area contributed by atoms with Crippen LogP contribution in [0, 0.1) is 18.6 Å². The molecule has 0 unspecified atom stereocenters. The largest absolute Gasteiger partial charge is 0.393 e. The number of hydrogen-bond donors (Lipinski definition) is 0. The van der Waals surface area contributed by atoms with Gasteiger partial charge in [0.25, 0.3) is 0 Å². The van der Waals surface area contributed by atoms with Crippen LogP contribution >= 0.6 is 0 Å². The van der Waals surface area contributed by atoms with Crippen LogP contribution in [0.5, 0.6) is 0 Å². The summed E-state index contributed by atoms with van der Waals surface area (Å²) in [5, 5.41) is 3.97. The average Bonchev–Trinajstić information content (AvgIpc) is 3.40. The Morgan fingerprint density at radius 3 is 2.64 bits per heavy atom. The van der Waals surface area contributed by atoms with Crippen molar-refractivity contribution in [1.29, 1.82) is 0 Å². The third-order valence-corrected chi connectivity index (χ3v) is 6.96. The first-order valence-corrected chi connectivity index (χ1v) is 11.6. The number of halogens is 4. The fourth-order valence-corrected chi connectivity index (χ4v) is 4.72. The van der Waals surface area contributed by atoms with Crippen LogP contribution in [-0.2, 0) is 14.9 Å². The van der Waals surface area contributed by atoms with Gasteiger partial charge in [-0.1, -0.05) is 11.2 Å². The highest BCUT2D eigenvalue weighted by molar-refractivity contribution is 7.85. The van der Waals surface area contributed by atoms with Gasteiger partial charge in [-0.15, -0.1) is 3.98 Å². The molecule has 0 bridgehead atoms. The summed E-state index contributed by atoms with van der Waals surface area (Å²) in [6.45, 7) is 4.73. The highest BCUT2D eigenvalue weighted by Gasteiger charge is 2.47. The van der Waals surface area contributed by atoms with Gasteiger partial charge in [-0.25, -0.2) is 17.6 Å². The van der Waals surface area contributed by atoms with E-state index in [9.17, 15) is 26.0 Å². The number of amidine groups is 1. The van der Waals surface area contributed by atoms with E-state index in [1.807, 2.05) is 0 Å². The number of benzene rings is 1. The monoisotopic (exact) mass is 485 g/mol. The summed E-state index contributed by atoms with van der Waals surface area (Å²) in [6, 6.07) is 2.27. The van der Waals surface area contributed by atoms with Crippen LogP contribution in [0.2, 0.25) is 0 Å². The van der Waals surface area contributed by atoms with Crippen molar-refractivity contribution in [2.45, 2.75) is 31.7 Å². The Morgan fingerprint density at radius 1 is 1.27 bits per heavy atom. The molecule has 1 aromatic carbocycles. The predicted octanol–water partition coefficient (Wildman–Crippen LogP) is 3.10. The van der Waals surface area contributed by atoms with Gasteiger partial charge in [-0.2, -0.15) is 8.42 Å². The fourth-order valence-electron chi connectivity index (χ4n) is 3.99. The van der Waals surface area contributed by atoms with Crippen molar-refractivity contribution < 1.29 is 34.8 Å². The quantitative estimate of drug-likeness (QED) is 0.370. The Kier molecular flexibility index (Phi) is 6.12. The molecule has 2 aliphatic heterocycles. The molecule has 0 amide bonds. The minimum absolute atomic E-state index is 0.102. The van der Waals surface area contributed by atoms with Gasteiger partial charge in [0.2, 0.25) is 12.0 Å². The van der Waals surface area contributed by atoms with Crippen molar-refractivity contribution in [2.24, 2.45) is 5.16 Å². The zero-order chi connectivity index (χ0) is 23.9. The molecule has 0 aliphatic carbocycles. The summed E-state index contributed by atoms with van der Waals surface area (Å²) in [4.78, 5) is 11.3. The molecule has 1 fully saturated rings. The van der Waals surface area contributed by atoms with E-state index in [0.29, 0.717) is 15.4 Å². The molecule has 1 saturated heterocycles. The van der Waals surface area contributed by atoms with E-state index in [4.69, 9.17) is 4.84 Å². The van der Waals surface area contributed by atoms with Crippen molar-refractivity contribution in [2.75, 3.05) is 19.1 Å². The Labute approximate surface area is 188 Å². The van der Waals surface area contributed by atoms with E-state index in [0.717, 1.165) is 12.1 Å². The SMILES string of the molecule is C=[N+]([C@@H]1CN(C2=NO[C@H](c3ncc(C)cc3-c3c(F)cccc3F)C2)C[C@@H]1F)S(=O)(=O)CF. The normalized spacial score (nSPS) is 22.9. The summed E-state index contributed by atoms with van der Waals surface area (Å²) in [5.74, 6) is -1.19. The van der Waals surface area contributed by atoms with Crippen molar-refractivity contribution in [3.63, 3.8) is 0 Å². The van der Waals surface area contributed by atoms with E-state index < -0.39 is 46.0 Å². The van der Waals surface area contributed by atoms with Crippen LogP contribution in [0.4, 0.5) is 17.6 Å². The number of sulfonamides is 1. The number of alkyl halides is 2. The molecule has 12 heteroatoms. The van der Waals surface area contributed by atoms with Gasteiger partial charge in [-0.3, -0.25) is 4.98 Å². The molecule has 3 heterocycles. The van der Waals surface area contributed by atoms with E-state index in [-0.39, 0.29) is 36.3 Å². The molecule has 1 aromatic heterocycles. The second kappa shape index (κ2) is 8.73. The molecular weight excluding hydrogens is 464 g/mol. The number of aryl methyl sites for hydroxylation is 1. The lowest BCUT2D eigenvalue weighted by Crippen LogP contribution is -2.38. The molecule has 3 atom stereocenters. The molecule has 0 saturated carbocycles. The number of likely N-dealkylation sites (tertiary alicyclic amines) is 1. The minimum Gasteiger partial charge on any atom is -0.384 e. The van der Waals surface area contributed by atoms with Gasteiger partial charge in [0.1, 0.15) is 24.2 Å². The number of nitrogens with zero attached hydrogens (tertiary/aromatic N) is 4. The maximum Gasteiger partial charge on any atom is 0.393 e. The Hall–Kier alpha value is -3.02. The predicted molar refractivity (Wildman–Crippen MR) is 113 cm³/mol. The second-order valence-electron chi connectivity index (χ2n) is 7.94. The highest BCUT2D eigenvalue weighted by Crippen LogP contribution is 2.37. The van der Waals surface area contributed by atoms with Crippen LogP contribution < -0.4 is 0 Å². The highest BCUT2D eigenvalue weighted by atomic mass is 32.2. The maximum absolute atomic E-state index is 14.5. The number of oxime groups is 1. The molecule has 176 valence electrons. The third-order valence-electron chi connectivity index (χ3n) is 5.70. The zero-order valence-corrected chi connectivity index (χ0v) is 18.4. The van der Waals surface area contributed by atoms with E-state index >= 15 is 0 Å². The Balaban J connectivity index is 1.57. The van der Waals surface area contributed by atoms with Gasteiger partial charge in [0, 0.05) is 11.8 Å². The average molecular weight is 485 g/mol. The minimum atomic E-state index is -4.33. The lowest BCUT2D eigenvalue weighted by Gasteiger charge is -2.17. The van der Waals surface area contributed by atoms with Gasteiger partial charge in [0.05, 0.1) is 30.8 Å². The molecule has 4 rings (SSSR count). The summed E-state index contributed by atoms with van der Waals surface area (Å²) in [7, 11) is -4.33. The van der Waals surface area contributed by atoms with E-state index in [2.05, 4.69) is 16.9 Å². The first-order chi connectivity index (χ1) is 15.6. The van der Waals surface area contributed by atoms with E-state index in [1.165, 1.54) is 17.2 Å². The molecule has 0 radical (unpaired) electrons. The second-order valence-corrected chi connectivity index (χ2v) is 9.80. The number of hydrogen-bond acceptors (Lipinski definition) is 6. The number of aromatic nitrogens is 1. The lowest BCUT2D eigenvalue weighted by molar-refractivity contribution is -0.411. The maximum atomic E-state index is 14.5. The summed E-state index contributed by atoms with van der Waals surface area (Å²) in [6.07, 6.45) is -0.764. The molecular formula is C21H21F4N4O3S+. The van der Waals surface area contributed by atoms with Crippen molar-refractivity contribution in [3.05, 3.63) is 53.4 Å². The first-order valence-electron chi connectivity index (χ1n) is 10.0. The molecule has 0 N–H and O–H groups in total. The number of rotatable bonds is 5. The van der Waals surface area contributed by atoms with Gasteiger partial charge in [0.15, 0.2) is 12.3 Å².